The Morgan fingerprint density at radius 1 is 0.574 bits per heavy atom. The van der Waals surface area contributed by atoms with Crippen molar-refractivity contribution >= 4 is 34.6 Å². The van der Waals surface area contributed by atoms with Gasteiger partial charge in [-0.25, -0.2) is 15.0 Å². The number of imidazole rings is 1. The van der Waals surface area contributed by atoms with Gasteiger partial charge in [-0.1, -0.05) is 121 Å². The van der Waals surface area contributed by atoms with Gasteiger partial charge in [0.2, 0.25) is 0 Å². The van der Waals surface area contributed by atoms with Crippen molar-refractivity contribution in [2.45, 2.75) is 19.1 Å². The van der Waals surface area contributed by atoms with Crippen LogP contribution in [0.2, 0.25) is 10.0 Å². The van der Waals surface area contributed by atoms with Gasteiger partial charge in [-0.3, -0.25) is 4.57 Å². The minimum Gasteiger partial charge on any atom is -0.497 e. The van der Waals surface area contributed by atoms with Crippen LogP contribution >= 0.6 is 23.2 Å². The molecule has 1 aliphatic rings. The molecule has 0 saturated carbocycles. The van der Waals surface area contributed by atoms with Gasteiger partial charge in [0.25, 0.3) is 5.79 Å². The molecule has 0 saturated heterocycles. The highest BCUT2D eigenvalue weighted by Gasteiger charge is 2.46. The third-order valence-corrected chi connectivity index (χ3v) is 10.0. The summed E-state index contributed by atoms with van der Waals surface area (Å²) >= 11 is 14.3. The maximum atomic E-state index is 7.26. The minimum atomic E-state index is -1.49. The summed E-state index contributed by atoms with van der Waals surface area (Å²) in [5.74, 6) is 0.617. The van der Waals surface area contributed by atoms with Gasteiger partial charge in [-0.05, 0) is 73.2 Å². The van der Waals surface area contributed by atoms with Crippen molar-refractivity contribution in [1.29, 1.82) is 0 Å². The number of aliphatic imine (C=N–C) groups is 2. The molecule has 1 aromatic heterocycles. The number of ether oxygens (including phenoxy) is 2. The lowest BCUT2D eigenvalue weighted by atomic mass is 10.00. The summed E-state index contributed by atoms with van der Waals surface area (Å²) in [5.41, 5.74) is 7.91. The molecule has 1 aliphatic heterocycles. The maximum Gasteiger partial charge on any atom is 0.263 e. The Balaban J connectivity index is 1.54. The number of hydrogen-bond donors (Lipinski definition) is 0. The summed E-state index contributed by atoms with van der Waals surface area (Å²) in [6.45, 7) is 2.72. The number of benzene rings is 6. The molecule has 7 aromatic rings. The van der Waals surface area contributed by atoms with E-state index in [-0.39, 0.29) is 0 Å². The van der Waals surface area contributed by atoms with Crippen LogP contribution in [0.15, 0.2) is 168 Å². The zero-order valence-corrected chi connectivity index (χ0v) is 31.3. The zero-order chi connectivity index (χ0) is 37.1. The van der Waals surface area contributed by atoms with Crippen molar-refractivity contribution in [3.8, 4) is 45.4 Å². The number of rotatable bonds is 11. The fourth-order valence-electron chi connectivity index (χ4n) is 6.80. The fraction of sp³-hybridized carbons (Fsp3) is 0.109. The predicted molar refractivity (Wildman–Crippen MR) is 220 cm³/mol. The Morgan fingerprint density at radius 3 is 1.72 bits per heavy atom. The highest BCUT2D eigenvalue weighted by atomic mass is 35.5. The molecule has 8 heteroatoms. The molecule has 0 N–H and O–H groups in total. The molecule has 1 atom stereocenters. The van der Waals surface area contributed by atoms with E-state index in [1.54, 1.807) is 7.11 Å². The van der Waals surface area contributed by atoms with Crippen LogP contribution in [0.5, 0.6) is 11.5 Å². The average Bonchev–Trinajstić information content (AvgIpc) is 3.82. The molecule has 54 heavy (non-hydrogen) atoms. The number of aromatic nitrogens is 2. The van der Waals surface area contributed by atoms with Gasteiger partial charge in [0.1, 0.15) is 17.3 Å². The number of halogens is 2. The van der Waals surface area contributed by atoms with E-state index in [4.69, 9.17) is 47.6 Å². The quantitative estimate of drug-likeness (QED) is 0.132. The zero-order valence-electron chi connectivity index (χ0n) is 29.8. The van der Waals surface area contributed by atoms with Crippen LogP contribution in [0.25, 0.3) is 33.9 Å². The summed E-state index contributed by atoms with van der Waals surface area (Å²) < 4.78 is 13.7. The Morgan fingerprint density at radius 2 is 1.11 bits per heavy atom. The topological polar surface area (TPSA) is 61.0 Å². The number of nitrogens with zero attached hydrogens (tertiary/aromatic N) is 4. The Kier molecular flexibility index (Phi) is 9.87. The van der Waals surface area contributed by atoms with E-state index in [1.165, 1.54) is 0 Å². The third kappa shape index (κ3) is 6.48. The van der Waals surface area contributed by atoms with Crippen molar-refractivity contribution < 1.29 is 9.47 Å². The van der Waals surface area contributed by atoms with Crippen LogP contribution in [0.1, 0.15) is 30.0 Å². The highest BCUT2D eigenvalue weighted by molar-refractivity contribution is 6.54. The van der Waals surface area contributed by atoms with Crippen molar-refractivity contribution in [3.63, 3.8) is 0 Å². The molecule has 0 aliphatic carbocycles. The second-order valence-electron chi connectivity index (χ2n) is 12.8. The van der Waals surface area contributed by atoms with Crippen LogP contribution in [-0.4, -0.2) is 34.7 Å². The Hall–Kier alpha value is -5.95. The van der Waals surface area contributed by atoms with Gasteiger partial charge in [-0.15, -0.1) is 0 Å². The van der Waals surface area contributed by atoms with Crippen LogP contribution in [-0.2, 0) is 5.79 Å². The molecule has 8 rings (SSSR count). The highest BCUT2D eigenvalue weighted by Crippen LogP contribution is 2.48. The number of hydrogen-bond acceptors (Lipinski definition) is 5. The molecular formula is C46H36Cl2N4O2. The van der Waals surface area contributed by atoms with E-state index >= 15 is 0 Å². The van der Waals surface area contributed by atoms with Crippen LogP contribution in [0.3, 0.4) is 0 Å². The van der Waals surface area contributed by atoms with Gasteiger partial charge in [0.15, 0.2) is 0 Å². The lowest BCUT2D eigenvalue weighted by Gasteiger charge is -2.30. The number of methoxy groups -OCH3 is 1. The lowest BCUT2D eigenvalue weighted by Crippen LogP contribution is -2.31. The van der Waals surface area contributed by atoms with Crippen molar-refractivity contribution in [3.05, 3.63) is 184 Å². The largest absolute Gasteiger partial charge is 0.497 e. The molecule has 0 spiro atoms. The molecule has 2 heterocycles. The first-order valence-electron chi connectivity index (χ1n) is 17.8. The molecule has 0 radical (unpaired) electrons. The van der Waals surface area contributed by atoms with Crippen molar-refractivity contribution in [1.82, 2.24) is 9.55 Å². The SMILES string of the molecule is CCCOc1ccc(-c2c(-c3ccccc3)nc(-c3ccccc3Cl)n2C2(c3ccccc3Cl)N=C(c3ccccc3)C(c3ccc(OC)cc3)=N2)cc1. The molecule has 0 amide bonds. The van der Waals surface area contributed by atoms with Gasteiger partial charge in [-0.2, -0.15) is 0 Å². The maximum absolute atomic E-state index is 7.26. The van der Waals surface area contributed by atoms with E-state index in [2.05, 4.69) is 47.9 Å². The van der Waals surface area contributed by atoms with Crippen LogP contribution < -0.4 is 9.47 Å². The second-order valence-corrected chi connectivity index (χ2v) is 13.6. The van der Waals surface area contributed by atoms with Gasteiger partial charge >= 0.3 is 0 Å². The van der Waals surface area contributed by atoms with E-state index in [0.29, 0.717) is 39.5 Å². The van der Waals surface area contributed by atoms with E-state index in [1.807, 2.05) is 121 Å². The fourth-order valence-corrected chi connectivity index (χ4v) is 7.29. The van der Waals surface area contributed by atoms with E-state index in [0.717, 1.165) is 57.1 Å². The molecule has 266 valence electrons. The smallest absolute Gasteiger partial charge is 0.263 e. The molecule has 0 fully saturated rings. The molecular weight excluding hydrogens is 711 g/mol. The van der Waals surface area contributed by atoms with Gasteiger partial charge in [0.05, 0.1) is 46.6 Å². The minimum absolute atomic E-state index is 0.503. The Bertz CT molecular complexity index is 2480. The first-order chi connectivity index (χ1) is 26.5. The first-order valence-corrected chi connectivity index (χ1v) is 18.6. The lowest BCUT2D eigenvalue weighted by molar-refractivity contribution is 0.317. The summed E-state index contributed by atoms with van der Waals surface area (Å²) in [6, 6.07) is 51.7. The predicted octanol–water partition coefficient (Wildman–Crippen LogP) is 11.6. The van der Waals surface area contributed by atoms with Crippen molar-refractivity contribution in [2.75, 3.05) is 13.7 Å². The monoisotopic (exact) mass is 746 g/mol. The third-order valence-electron chi connectivity index (χ3n) is 9.36. The molecule has 0 bridgehead atoms. The first kappa shape index (κ1) is 35.1. The van der Waals surface area contributed by atoms with Crippen LogP contribution in [0, 0.1) is 0 Å². The standard InChI is InChI=1S/C46H36Cl2N4O2/c1-3-30-54-36-28-24-34(25-29-36)44-43(32-16-8-5-9-17-32)49-45(37-18-10-12-20-39(37)47)52(44)46(38-19-11-13-21-40(38)48)50-41(31-14-6-4-7-15-31)42(51-46)33-22-26-35(53-2)27-23-33/h4-29H,3,30H2,1-2H3. The van der Waals surface area contributed by atoms with E-state index in [9.17, 15) is 0 Å². The van der Waals surface area contributed by atoms with Crippen molar-refractivity contribution in [2.24, 2.45) is 9.98 Å². The van der Waals surface area contributed by atoms with E-state index < -0.39 is 5.79 Å². The average molecular weight is 748 g/mol. The summed E-state index contributed by atoms with van der Waals surface area (Å²) in [6.07, 6.45) is 0.907. The summed E-state index contributed by atoms with van der Waals surface area (Å²) in [4.78, 5) is 16.9. The molecule has 1 unspecified atom stereocenters. The molecule has 6 nitrogen and oxygen atoms in total. The van der Waals surface area contributed by atoms with Gasteiger partial charge in [0, 0.05) is 33.4 Å². The normalized spacial score (nSPS) is 15.1. The van der Waals surface area contributed by atoms with Gasteiger partial charge < -0.3 is 9.47 Å². The van der Waals surface area contributed by atoms with Crippen LogP contribution in [0.4, 0.5) is 0 Å². The summed E-state index contributed by atoms with van der Waals surface area (Å²) in [5, 5.41) is 1.04. The second kappa shape index (κ2) is 15.2. The molecule has 6 aromatic carbocycles. The summed E-state index contributed by atoms with van der Waals surface area (Å²) in [7, 11) is 1.66. The Labute approximate surface area is 325 Å².